The number of likely N-dealkylation sites (tertiary alicyclic amines) is 1. The lowest BCUT2D eigenvalue weighted by molar-refractivity contribution is -0.121. The number of carbonyl (C=O) groups is 1. The number of benzene rings is 2. The van der Waals surface area contributed by atoms with Gasteiger partial charge in [0.25, 0.3) is 0 Å². The van der Waals surface area contributed by atoms with Crippen molar-refractivity contribution in [2.75, 3.05) is 19.6 Å². The molecule has 1 heterocycles. The largest absolute Gasteiger partial charge is 0.508 e. The average Bonchev–Trinajstić information content (AvgIpc) is 2.98. The summed E-state index contributed by atoms with van der Waals surface area (Å²) in [5.74, 6) is 0.338. The molecular weight excluding hydrogens is 336 g/mol. The van der Waals surface area contributed by atoms with E-state index in [9.17, 15) is 9.90 Å². The zero-order chi connectivity index (χ0) is 18.9. The number of phenols is 1. The van der Waals surface area contributed by atoms with Gasteiger partial charge in [0.1, 0.15) is 5.75 Å². The molecular formula is C23H30N2O2. The number of carbonyl (C=O) groups excluding carboxylic acids is 1. The van der Waals surface area contributed by atoms with Crippen molar-refractivity contribution in [3.8, 4) is 5.75 Å². The lowest BCUT2D eigenvalue weighted by atomic mass is 10.0. The SMILES string of the molecule is O=C(CCc1ccc(O)cc1)NCC(c1ccccc1)N1CCCCCC1. The highest BCUT2D eigenvalue weighted by Crippen LogP contribution is 2.23. The number of rotatable bonds is 7. The number of hydrogen-bond acceptors (Lipinski definition) is 3. The molecule has 144 valence electrons. The molecule has 0 aromatic heterocycles. The van der Waals surface area contributed by atoms with Crippen molar-refractivity contribution in [1.29, 1.82) is 0 Å². The Labute approximate surface area is 162 Å². The van der Waals surface area contributed by atoms with E-state index in [2.05, 4.69) is 34.5 Å². The van der Waals surface area contributed by atoms with Crippen LogP contribution in [0.5, 0.6) is 5.75 Å². The van der Waals surface area contributed by atoms with Crippen molar-refractivity contribution in [2.45, 2.75) is 44.6 Å². The third-order valence-corrected chi connectivity index (χ3v) is 5.34. The van der Waals surface area contributed by atoms with Crippen LogP contribution < -0.4 is 5.32 Å². The predicted molar refractivity (Wildman–Crippen MR) is 109 cm³/mol. The normalized spacial score (nSPS) is 16.4. The zero-order valence-electron chi connectivity index (χ0n) is 15.9. The highest BCUT2D eigenvalue weighted by molar-refractivity contribution is 5.76. The predicted octanol–water partition coefficient (Wildman–Crippen LogP) is 4.06. The van der Waals surface area contributed by atoms with Gasteiger partial charge in [-0.15, -0.1) is 0 Å². The van der Waals surface area contributed by atoms with Crippen LogP contribution in [-0.2, 0) is 11.2 Å². The fourth-order valence-electron chi connectivity index (χ4n) is 3.76. The Hall–Kier alpha value is -2.33. The second kappa shape index (κ2) is 10.1. The molecule has 2 aromatic carbocycles. The van der Waals surface area contributed by atoms with Gasteiger partial charge in [0.05, 0.1) is 6.04 Å². The number of hydrogen-bond donors (Lipinski definition) is 2. The number of aromatic hydroxyl groups is 1. The van der Waals surface area contributed by atoms with Crippen LogP contribution >= 0.6 is 0 Å². The number of nitrogens with one attached hydrogen (secondary N) is 1. The molecule has 2 aromatic rings. The summed E-state index contributed by atoms with van der Waals surface area (Å²) < 4.78 is 0. The van der Waals surface area contributed by atoms with E-state index in [0.717, 1.165) is 18.7 Å². The molecule has 4 nitrogen and oxygen atoms in total. The zero-order valence-corrected chi connectivity index (χ0v) is 15.9. The maximum atomic E-state index is 12.4. The molecule has 1 fully saturated rings. The molecule has 0 aliphatic carbocycles. The fourth-order valence-corrected chi connectivity index (χ4v) is 3.76. The number of amides is 1. The van der Waals surface area contributed by atoms with Crippen LogP contribution in [0.1, 0.15) is 49.3 Å². The Kier molecular flexibility index (Phi) is 7.28. The van der Waals surface area contributed by atoms with E-state index < -0.39 is 0 Å². The van der Waals surface area contributed by atoms with Gasteiger partial charge < -0.3 is 10.4 Å². The van der Waals surface area contributed by atoms with Gasteiger partial charge in [-0.05, 0) is 55.6 Å². The Morgan fingerprint density at radius 1 is 0.963 bits per heavy atom. The van der Waals surface area contributed by atoms with Gasteiger partial charge in [0, 0.05) is 13.0 Å². The molecule has 1 aliphatic heterocycles. The smallest absolute Gasteiger partial charge is 0.220 e. The summed E-state index contributed by atoms with van der Waals surface area (Å²) in [6.45, 7) is 2.85. The average molecular weight is 367 g/mol. The van der Waals surface area contributed by atoms with Crippen LogP contribution in [0.4, 0.5) is 0 Å². The second-order valence-electron chi connectivity index (χ2n) is 7.35. The van der Waals surface area contributed by atoms with E-state index in [4.69, 9.17) is 0 Å². The first-order valence-corrected chi connectivity index (χ1v) is 10.1. The molecule has 0 spiro atoms. The van der Waals surface area contributed by atoms with Gasteiger partial charge in [-0.2, -0.15) is 0 Å². The van der Waals surface area contributed by atoms with Crippen molar-refractivity contribution in [1.82, 2.24) is 10.2 Å². The fraction of sp³-hybridized carbons (Fsp3) is 0.435. The summed E-state index contributed by atoms with van der Waals surface area (Å²) in [5, 5.41) is 12.5. The van der Waals surface area contributed by atoms with Crippen LogP contribution in [-0.4, -0.2) is 35.5 Å². The van der Waals surface area contributed by atoms with E-state index >= 15 is 0 Å². The van der Waals surface area contributed by atoms with Crippen molar-refractivity contribution in [2.24, 2.45) is 0 Å². The van der Waals surface area contributed by atoms with E-state index in [1.807, 2.05) is 18.2 Å². The lowest BCUT2D eigenvalue weighted by Gasteiger charge is -2.31. The van der Waals surface area contributed by atoms with Crippen LogP contribution in [0.3, 0.4) is 0 Å². The first-order chi connectivity index (χ1) is 13.2. The molecule has 27 heavy (non-hydrogen) atoms. The topological polar surface area (TPSA) is 52.6 Å². The van der Waals surface area contributed by atoms with Crippen LogP contribution in [0.2, 0.25) is 0 Å². The van der Waals surface area contributed by atoms with Crippen molar-refractivity contribution in [3.05, 3.63) is 65.7 Å². The summed E-state index contributed by atoms with van der Waals surface area (Å²) in [6, 6.07) is 17.8. The third-order valence-electron chi connectivity index (χ3n) is 5.34. The molecule has 1 atom stereocenters. The molecule has 4 heteroatoms. The van der Waals surface area contributed by atoms with Crippen molar-refractivity contribution in [3.63, 3.8) is 0 Å². The van der Waals surface area contributed by atoms with Crippen molar-refractivity contribution >= 4 is 5.91 Å². The Bertz CT molecular complexity index is 692. The van der Waals surface area contributed by atoms with Gasteiger partial charge in [-0.25, -0.2) is 0 Å². The standard InChI is InChI=1S/C23H30N2O2/c26-21-13-10-19(11-14-21)12-15-23(27)24-18-22(20-8-4-3-5-9-20)25-16-6-1-2-7-17-25/h3-5,8-11,13-14,22,26H,1-2,6-7,12,15-18H2,(H,24,27). The minimum absolute atomic E-state index is 0.0822. The summed E-state index contributed by atoms with van der Waals surface area (Å²) in [4.78, 5) is 14.9. The highest BCUT2D eigenvalue weighted by Gasteiger charge is 2.21. The van der Waals surface area contributed by atoms with Gasteiger partial charge in [0.15, 0.2) is 0 Å². The quantitative estimate of drug-likeness (QED) is 0.777. The van der Waals surface area contributed by atoms with E-state index in [-0.39, 0.29) is 17.7 Å². The third kappa shape index (κ3) is 6.10. The Balaban J connectivity index is 1.56. The molecule has 0 bridgehead atoms. The summed E-state index contributed by atoms with van der Waals surface area (Å²) in [6.07, 6.45) is 6.22. The minimum Gasteiger partial charge on any atom is -0.508 e. The maximum absolute atomic E-state index is 12.4. The van der Waals surface area contributed by atoms with E-state index in [1.165, 1.54) is 31.2 Å². The van der Waals surface area contributed by atoms with Gasteiger partial charge in [-0.3, -0.25) is 9.69 Å². The second-order valence-corrected chi connectivity index (χ2v) is 7.35. The highest BCUT2D eigenvalue weighted by atomic mass is 16.3. The number of phenolic OH excluding ortho intramolecular Hbond substituents is 1. The van der Waals surface area contributed by atoms with Gasteiger partial charge >= 0.3 is 0 Å². The van der Waals surface area contributed by atoms with Crippen LogP contribution in [0, 0.1) is 0 Å². The van der Waals surface area contributed by atoms with Gasteiger partial charge in [-0.1, -0.05) is 55.3 Å². The first-order valence-electron chi connectivity index (χ1n) is 10.1. The van der Waals surface area contributed by atoms with Crippen LogP contribution in [0.25, 0.3) is 0 Å². The Morgan fingerprint density at radius 3 is 2.30 bits per heavy atom. The molecule has 1 aliphatic rings. The van der Waals surface area contributed by atoms with Crippen molar-refractivity contribution < 1.29 is 9.90 Å². The summed E-state index contributed by atoms with van der Waals surface area (Å²) >= 11 is 0. The molecule has 0 radical (unpaired) electrons. The maximum Gasteiger partial charge on any atom is 0.220 e. The monoisotopic (exact) mass is 366 g/mol. The lowest BCUT2D eigenvalue weighted by Crippen LogP contribution is -2.38. The molecule has 0 saturated carbocycles. The Morgan fingerprint density at radius 2 is 1.63 bits per heavy atom. The summed E-state index contributed by atoms with van der Waals surface area (Å²) in [5.41, 5.74) is 2.34. The first kappa shape index (κ1) is 19.4. The van der Waals surface area contributed by atoms with Gasteiger partial charge in [0.2, 0.25) is 5.91 Å². The minimum atomic E-state index is 0.0822. The number of aryl methyl sites for hydroxylation is 1. The van der Waals surface area contributed by atoms with E-state index in [1.54, 1.807) is 12.1 Å². The molecule has 2 N–H and O–H groups in total. The van der Waals surface area contributed by atoms with Crippen LogP contribution in [0.15, 0.2) is 54.6 Å². The molecule has 1 unspecified atom stereocenters. The summed E-state index contributed by atoms with van der Waals surface area (Å²) in [7, 11) is 0. The molecule has 3 rings (SSSR count). The van der Waals surface area contributed by atoms with E-state index in [0.29, 0.717) is 19.4 Å². The number of nitrogens with zero attached hydrogens (tertiary/aromatic N) is 1. The molecule has 1 amide bonds. The molecule has 1 saturated heterocycles.